The average molecular weight is 305 g/mol. The van der Waals surface area contributed by atoms with Gasteiger partial charge in [0.05, 0.1) is 17.4 Å². The zero-order valence-electron chi connectivity index (χ0n) is 13.1. The fourth-order valence-corrected chi connectivity index (χ4v) is 2.46. The number of para-hydroxylation sites is 1. The predicted molar refractivity (Wildman–Crippen MR) is 94.2 cm³/mol. The zero-order chi connectivity index (χ0) is 16.1. The van der Waals surface area contributed by atoms with Gasteiger partial charge in [0.15, 0.2) is 0 Å². The number of aromatic amines is 1. The van der Waals surface area contributed by atoms with Crippen molar-refractivity contribution in [3.8, 4) is 0 Å². The molecule has 3 aromatic rings. The molecular formula is C19H19N3O. The molecule has 0 radical (unpaired) electrons. The number of nitrogens with zero attached hydrogens (tertiary/aromatic N) is 2. The van der Waals surface area contributed by atoms with E-state index in [1.165, 1.54) is 5.56 Å². The lowest BCUT2D eigenvalue weighted by molar-refractivity contribution is 0.354. The van der Waals surface area contributed by atoms with Crippen molar-refractivity contribution in [1.82, 2.24) is 14.9 Å². The van der Waals surface area contributed by atoms with Gasteiger partial charge in [0, 0.05) is 6.54 Å². The summed E-state index contributed by atoms with van der Waals surface area (Å²) in [7, 11) is 2.00. The quantitative estimate of drug-likeness (QED) is 0.788. The molecule has 2 aromatic carbocycles. The third kappa shape index (κ3) is 3.93. The minimum Gasteiger partial charge on any atom is -0.309 e. The molecule has 0 aliphatic rings. The normalized spacial score (nSPS) is 11.6. The van der Waals surface area contributed by atoms with E-state index in [0.29, 0.717) is 17.8 Å². The van der Waals surface area contributed by atoms with Crippen LogP contribution in [0.5, 0.6) is 0 Å². The van der Waals surface area contributed by atoms with Crippen LogP contribution in [0.1, 0.15) is 11.4 Å². The first-order valence-electron chi connectivity index (χ1n) is 7.60. The van der Waals surface area contributed by atoms with E-state index in [9.17, 15) is 4.79 Å². The zero-order valence-corrected chi connectivity index (χ0v) is 13.1. The Kier molecular flexibility index (Phi) is 4.64. The minimum absolute atomic E-state index is 0.0844. The molecule has 1 N–H and O–H groups in total. The predicted octanol–water partition coefficient (Wildman–Crippen LogP) is 3.07. The maximum atomic E-state index is 12.1. The number of likely N-dealkylation sites (N-methyl/N-ethyl adjacent to an activating group) is 1. The number of rotatable bonds is 5. The second kappa shape index (κ2) is 7.03. The van der Waals surface area contributed by atoms with Crippen LogP contribution >= 0.6 is 0 Å². The molecule has 1 heterocycles. The highest BCUT2D eigenvalue weighted by Crippen LogP contribution is 2.07. The summed E-state index contributed by atoms with van der Waals surface area (Å²) in [6.07, 6.45) is 4.20. The van der Waals surface area contributed by atoms with Crippen molar-refractivity contribution in [3.63, 3.8) is 0 Å². The summed E-state index contributed by atoms with van der Waals surface area (Å²) in [6.45, 7) is 1.38. The lowest BCUT2D eigenvalue weighted by Gasteiger charge is -2.13. The topological polar surface area (TPSA) is 49.0 Å². The number of benzene rings is 2. The van der Waals surface area contributed by atoms with Gasteiger partial charge in [0.1, 0.15) is 5.82 Å². The standard InChI is InChI=1S/C19H19N3O/c1-22(13-7-10-15-8-3-2-4-9-15)14-18-20-17-12-6-5-11-16(17)19(23)21-18/h2-12H,13-14H2,1H3,(H,20,21,23)/b10-7+. The SMILES string of the molecule is CN(C/C=C/c1ccccc1)Cc1nc2ccccc2c(=O)[nH]1. The van der Waals surface area contributed by atoms with E-state index >= 15 is 0 Å². The Bertz CT molecular complexity index is 868. The van der Waals surface area contributed by atoms with Crippen molar-refractivity contribution in [1.29, 1.82) is 0 Å². The molecule has 0 amide bonds. The Hall–Kier alpha value is -2.72. The molecule has 3 rings (SSSR count). The second-order valence-corrected chi connectivity index (χ2v) is 5.54. The lowest BCUT2D eigenvalue weighted by Crippen LogP contribution is -2.22. The van der Waals surface area contributed by atoms with Crippen molar-refractivity contribution in [2.75, 3.05) is 13.6 Å². The fourth-order valence-electron chi connectivity index (χ4n) is 2.46. The van der Waals surface area contributed by atoms with Gasteiger partial charge < -0.3 is 4.98 Å². The van der Waals surface area contributed by atoms with Crippen LogP contribution in [0.25, 0.3) is 17.0 Å². The van der Waals surface area contributed by atoms with Gasteiger partial charge in [-0.3, -0.25) is 9.69 Å². The van der Waals surface area contributed by atoms with Crippen LogP contribution in [-0.4, -0.2) is 28.5 Å². The first kappa shape index (κ1) is 15.2. The average Bonchev–Trinajstić information content (AvgIpc) is 2.56. The lowest BCUT2D eigenvalue weighted by atomic mass is 10.2. The highest BCUT2D eigenvalue weighted by molar-refractivity contribution is 5.77. The van der Waals surface area contributed by atoms with Crippen molar-refractivity contribution in [2.45, 2.75) is 6.54 Å². The van der Waals surface area contributed by atoms with Crippen molar-refractivity contribution in [3.05, 3.63) is 82.4 Å². The first-order chi connectivity index (χ1) is 11.2. The number of hydrogen-bond donors (Lipinski definition) is 1. The summed E-state index contributed by atoms with van der Waals surface area (Å²) in [4.78, 5) is 21.5. The van der Waals surface area contributed by atoms with Gasteiger partial charge in [-0.1, -0.05) is 54.6 Å². The van der Waals surface area contributed by atoms with Crippen LogP contribution in [0.2, 0.25) is 0 Å². The van der Waals surface area contributed by atoms with Gasteiger partial charge in [0.25, 0.3) is 5.56 Å². The number of fused-ring (bicyclic) bond motifs is 1. The van der Waals surface area contributed by atoms with Crippen LogP contribution in [0, 0.1) is 0 Å². The molecule has 0 fully saturated rings. The minimum atomic E-state index is -0.0844. The van der Waals surface area contributed by atoms with Gasteiger partial charge in [-0.25, -0.2) is 4.98 Å². The third-order valence-corrected chi connectivity index (χ3v) is 3.61. The molecule has 0 saturated heterocycles. The molecule has 0 saturated carbocycles. The van der Waals surface area contributed by atoms with Crippen molar-refractivity contribution < 1.29 is 0 Å². The van der Waals surface area contributed by atoms with Gasteiger partial charge in [-0.05, 0) is 24.7 Å². The Morgan fingerprint density at radius 3 is 2.65 bits per heavy atom. The molecule has 4 nitrogen and oxygen atoms in total. The summed E-state index contributed by atoms with van der Waals surface area (Å²) < 4.78 is 0. The number of aromatic nitrogens is 2. The molecule has 0 atom stereocenters. The summed E-state index contributed by atoms with van der Waals surface area (Å²) in [5.41, 5.74) is 1.83. The van der Waals surface area contributed by atoms with Crippen LogP contribution in [0.4, 0.5) is 0 Å². The van der Waals surface area contributed by atoms with E-state index in [4.69, 9.17) is 0 Å². The smallest absolute Gasteiger partial charge is 0.258 e. The number of hydrogen-bond acceptors (Lipinski definition) is 3. The van der Waals surface area contributed by atoms with Gasteiger partial charge in [-0.15, -0.1) is 0 Å². The number of nitrogens with one attached hydrogen (secondary N) is 1. The summed E-state index contributed by atoms with van der Waals surface area (Å²) in [6, 6.07) is 17.6. The van der Waals surface area contributed by atoms with Crippen molar-refractivity contribution >= 4 is 17.0 Å². The Morgan fingerprint density at radius 1 is 1.09 bits per heavy atom. The molecule has 1 aromatic heterocycles. The summed E-state index contributed by atoms with van der Waals surface area (Å²) >= 11 is 0. The maximum absolute atomic E-state index is 12.1. The molecule has 0 aliphatic heterocycles. The summed E-state index contributed by atoms with van der Waals surface area (Å²) in [5.74, 6) is 0.685. The van der Waals surface area contributed by atoms with Gasteiger partial charge in [-0.2, -0.15) is 0 Å². The highest BCUT2D eigenvalue weighted by Gasteiger charge is 2.05. The Balaban J connectivity index is 1.67. The number of H-pyrrole nitrogens is 1. The largest absolute Gasteiger partial charge is 0.309 e. The maximum Gasteiger partial charge on any atom is 0.258 e. The fraction of sp³-hybridized carbons (Fsp3) is 0.158. The van der Waals surface area contributed by atoms with Gasteiger partial charge >= 0.3 is 0 Å². The van der Waals surface area contributed by atoms with E-state index in [2.05, 4.69) is 39.2 Å². The molecule has 4 heteroatoms. The highest BCUT2D eigenvalue weighted by atomic mass is 16.1. The molecule has 23 heavy (non-hydrogen) atoms. The van der Waals surface area contributed by atoms with Crippen LogP contribution < -0.4 is 5.56 Å². The van der Waals surface area contributed by atoms with Crippen LogP contribution in [0.15, 0.2) is 65.5 Å². The van der Waals surface area contributed by atoms with Gasteiger partial charge in [0.2, 0.25) is 0 Å². The monoisotopic (exact) mass is 305 g/mol. The van der Waals surface area contributed by atoms with E-state index in [0.717, 1.165) is 12.1 Å². The van der Waals surface area contributed by atoms with Crippen LogP contribution in [-0.2, 0) is 6.54 Å². The Morgan fingerprint density at radius 2 is 1.83 bits per heavy atom. The summed E-state index contributed by atoms with van der Waals surface area (Å²) in [5, 5.41) is 0.628. The van der Waals surface area contributed by atoms with E-state index in [1.54, 1.807) is 6.07 Å². The molecule has 0 unspecified atom stereocenters. The third-order valence-electron chi connectivity index (χ3n) is 3.61. The van der Waals surface area contributed by atoms with E-state index in [-0.39, 0.29) is 5.56 Å². The van der Waals surface area contributed by atoms with Crippen molar-refractivity contribution in [2.24, 2.45) is 0 Å². The second-order valence-electron chi connectivity index (χ2n) is 5.54. The molecular weight excluding hydrogens is 286 g/mol. The molecule has 0 bridgehead atoms. The molecule has 116 valence electrons. The molecule has 0 spiro atoms. The first-order valence-corrected chi connectivity index (χ1v) is 7.60. The Labute approximate surface area is 135 Å². The van der Waals surface area contributed by atoms with Crippen LogP contribution in [0.3, 0.4) is 0 Å². The molecule has 0 aliphatic carbocycles. The van der Waals surface area contributed by atoms with E-state index < -0.39 is 0 Å². The van der Waals surface area contributed by atoms with E-state index in [1.807, 2.05) is 43.4 Å².